The lowest BCUT2D eigenvalue weighted by atomic mass is 10.0. The van der Waals surface area contributed by atoms with Crippen molar-refractivity contribution < 1.29 is 9.90 Å². The molecule has 0 aromatic heterocycles. The fourth-order valence-electron chi connectivity index (χ4n) is 2.51. The number of nitrogens with one attached hydrogen (secondary N) is 1. The van der Waals surface area contributed by atoms with Gasteiger partial charge in [0.1, 0.15) is 0 Å². The zero-order valence-corrected chi connectivity index (χ0v) is 17.4. The first kappa shape index (κ1) is 26.4. The second-order valence-corrected chi connectivity index (χ2v) is 8.06. The molecule has 0 aromatic rings. The normalized spacial score (nSPS) is 10.4. The molecular formula is C18H36Cl3NO2. The minimum atomic E-state index is -0.903. The molecule has 0 aromatic carbocycles. The van der Waals surface area contributed by atoms with E-state index in [0.29, 0.717) is 6.54 Å². The van der Waals surface area contributed by atoms with Gasteiger partial charge in [0.05, 0.1) is 0 Å². The lowest BCUT2D eigenvalue weighted by Crippen LogP contribution is -2.21. The molecule has 0 unspecified atom stereocenters. The van der Waals surface area contributed by atoms with Crippen molar-refractivity contribution in [3.63, 3.8) is 0 Å². The van der Waals surface area contributed by atoms with E-state index in [-0.39, 0.29) is 0 Å². The van der Waals surface area contributed by atoms with E-state index < -0.39 is 10.4 Å². The fourth-order valence-corrected chi connectivity index (χ4v) is 2.51. The van der Waals surface area contributed by atoms with E-state index in [1.807, 2.05) is 0 Å². The number of carboxylic acid groups (broad SMARTS) is 1. The minimum Gasteiger partial charge on any atom is -0.465 e. The van der Waals surface area contributed by atoms with Crippen molar-refractivity contribution in [1.29, 1.82) is 0 Å². The number of hydrogen-bond acceptors (Lipinski definition) is 1. The van der Waals surface area contributed by atoms with Gasteiger partial charge in [-0.05, 0) is 6.42 Å². The largest absolute Gasteiger partial charge is 0.465 e. The second-order valence-electron chi connectivity index (χ2n) is 6.08. The minimum absolute atomic E-state index is 0.605. The first-order chi connectivity index (χ1) is 11.5. The molecule has 0 heterocycles. The summed E-state index contributed by atoms with van der Waals surface area (Å²) in [6.07, 6.45) is 17.8. The standard InChI is InChI=1S/C17H35NO2.CHCl3/c1-2-3-4-5-6-7-8-9-10-11-12-13-14-15-16-18-17(19)20;2-1(3)4/h18H,2-16H2,1H3,(H,19,20);1H. The van der Waals surface area contributed by atoms with E-state index in [4.69, 9.17) is 39.9 Å². The first-order valence-corrected chi connectivity index (χ1v) is 10.7. The van der Waals surface area contributed by atoms with Gasteiger partial charge >= 0.3 is 6.09 Å². The van der Waals surface area contributed by atoms with Crippen LogP contribution in [0.15, 0.2) is 0 Å². The van der Waals surface area contributed by atoms with Crippen molar-refractivity contribution in [1.82, 2.24) is 5.32 Å². The molecule has 0 saturated carbocycles. The topological polar surface area (TPSA) is 49.3 Å². The molecule has 24 heavy (non-hydrogen) atoms. The van der Waals surface area contributed by atoms with Gasteiger partial charge in [-0.3, -0.25) is 0 Å². The number of halogens is 3. The van der Waals surface area contributed by atoms with Gasteiger partial charge in [-0.1, -0.05) is 125 Å². The highest BCUT2D eigenvalue weighted by Gasteiger charge is 1.95. The Bertz CT molecular complexity index is 252. The zero-order valence-electron chi connectivity index (χ0n) is 15.2. The first-order valence-electron chi connectivity index (χ1n) is 9.39. The van der Waals surface area contributed by atoms with Gasteiger partial charge in [0.15, 0.2) is 4.30 Å². The van der Waals surface area contributed by atoms with Crippen LogP contribution in [0, 0.1) is 0 Å². The third kappa shape index (κ3) is 33.7. The molecular weight excluding hydrogens is 369 g/mol. The molecule has 0 spiro atoms. The number of hydrogen-bond donors (Lipinski definition) is 2. The summed E-state index contributed by atoms with van der Waals surface area (Å²) >= 11 is 14.4. The average Bonchev–Trinajstić information content (AvgIpc) is 2.50. The fraction of sp³-hybridized carbons (Fsp3) is 0.944. The highest BCUT2D eigenvalue weighted by Crippen LogP contribution is 2.12. The monoisotopic (exact) mass is 403 g/mol. The molecule has 2 N–H and O–H groups in total. The molecule has 0 saturated heterocycles. The van der Waals surface area contributed by atoms with E-state index in [0.717, 1.165) is 12.8 Å². The summed E-state index contributed by atoms with van der Waals surface area (Å²) in [5, 5.41) is 10.8. The summed E-state index contributed by atoms with van der Waals surface area (Å²) in [6, 6.07) is 0. The molecule has 0 bridgehead atoms. The Morgan fingerprint density at radius 2 is 1.04 bits per heavy atom. The van der Waals surface area contributed by atoms with Gasteiger partial charge in [-0.25, -0.2) is 4.79 Å². The van der Waals surface area contributed by atoms with E-state index in [1.165, 1.54) is 77.0 Å². The zero-order chi connectivity index (χ0) is 18.5. The van der Waals surface area contributed by atoms with Crippen LogP contribution in [0.4, 0.5) is 4.79 Å². The van der Waals surface area contributed by atoms with E-state index >= 15 is 0 Å². The van der Waals surface area contributed by atoms with Crippen molar-refractivity contribution in [3.8, 4) is 0 Å². The van der Waals surface area contributed by atoms with Crippen LogP contribution in [-0.2, 0) is 0 Å². The van der Waals surface area contributed by atoms with E-state index in [9.17, 15) is 4.79 Å². The molecule has 0 aliphatic carbocycles. The van der Waals surface area contributed by atoms with Crippen LogP contribution in [0.2, 0.25) is 0 Å². The summed E-state index contributed by atoms with van der Waals surface area (Å²) in [6.45, 7) is 2.87. The molecule has 1 amide bonds. The van der Waals surface area contributed by atoms with Crippen molar-refractivity contribution in [2.24, 2.45) is 0 Å². The molecule has 0 atom stereocenters. The highest BCUT2D eigenvalue weighted by molar-refractivity contribution is 6.63. The Morgan fingerprint density at radius 3 is 1.33 bits per heavy atom. The van der Waals surface area contributed by atoms with Gasteiger partial charge in [0, 0.05) is 6.54 Å². The Morgan fingerprint density at radius 1 is 0.750 bits per heavy atom. The molecule has 0 aliphatic rings. The molecule has 146 valence electrons. The Hall–Kier alpha value is 0.140. The summed E-state index contributed by atoms with van der Waals surface area (Å²) in [7, 11) is 0. The molecule has 0 aliphatic heterocycles. The van der Waals surface area contributed by atoms with Crippen LogP contribution in [0.3, 0.4) is 0 Å². The van der Waals surface area contributed by atoms with Gasteiger partial charge < -0.3 is 10.4 Å². The third-order valence-electron chi connectivity index (χ3n) is 3.81. The molecule has 0 radical (unpaired) electrons. The summed E-state index contributed by atoms with van der Waals surface area (Å²) in [5.41, 5.74) is 0. The number of carbonyl (C=O) groups is 1. The van der Waals surface area contributed by atoms with Crippen molar-refractivity contribution in [2.45, 2.75) is 101 Å². The summed E-state index contributed by atoms with van der Waals surface area (Å²) in [5.74, 6) is 0. The van der Waals surface area contributed by atoms with Crippen molar-refractivity contribution in [3.05, 3.63) is 0 Å². The van der Waals surface area contributed by atoms with Gasteiger partial charge in [-0.2, -0.15) is 0 Å². The van der Waals surface area contributed by atoms with Crippen molar-refractivity contribution in [2.75, 3.05) is 6.54 Å². The smallest absolute Gasteiger partial charge is 0.404 e. The maximum Gasteiger partial charge on any atom is 0.404 e. The highest BCUT2D eigenvalue weighted by atomic mass is 35.6. The maximum absolute atomic E-state index is 10.2. The number of unbranched alkanes of at least 4 members (excludes halogenated alkanes) is 13. The number of amides is 1. The lowest BCUT2D eigenvalue weighted by Gasteiger charge is -2.03. The van der Waals surface area contributed by atoms with Gasteiger partial charge in [0.2, 0.25) is 0 Å². The lowest BCUT2D eigenvalue weighted by molar-refractivity contribution is 0.194. The third-order valence-corrected chi connectivity index (χ3v) is 3.81. The van der Waals surface area contributed by atoms with Crippen LogP contribution in [-0.4, -0.2) is 22.0 Å². The molecule has 3 nitrogen and oxygen atoms in total. The second kappa shape index (κ2) is 23.1. The quantitative estimate of drug-likeness (QED) is 0.217. The van der Waals surface area contributed by atoms with Crippen LogP contribution < -0.4 is 5.32 Å². The van der Waals surface area contributed by atoms with Crippen molar-refractivity contribution >= 4 is 40.9 Å². The Balaban J connectivity index is 0. The van der Waals surface area contributed by atoms with Gasteiger partial charge in [-0.15, -0.1) is 0 Å². The summed E-state index contributed by atoms with van der Waals surface area (Å²) < 4.78 is -0.750. The average molecular weight is 405 g/mol. The Labute approximate surface area is 163 Å². The summed E-state index contributed by atoms with van der Waals surface area (Å²) in [4.78, 5) is 10.2. The van der Waals surface area contributed by atoms with Crippen LogP contribution in [0.5, 0.6) is 0 Å². The van der Waals surface area contributed by atoms with E-state index in [2.05, 4.69) is 12.2 Å². The predicted molar refractivity (Wildman–Crippen MR) is 108 cm³/mol. The van der Waals surface area contributed by atoms with Crippen LogP contribution in [0.1, 0.15) is 96.8 Å². The number of rotatable bonds is 15. The number of alkyl halides is 3. The Kier molecular flexibility index (Phi) is 25.4. The van der Waals surface area contributed by atoms with Crippen LogP contribution in [0.25, 0.3) is 0 Å². The van der Waals surface area contributed by atoms with Gasteiger partial charge in [0.25, 0.3) is 0 Å². The van der Waals surface area contributed by atoms with Crippen LogP contribution >= 0.6 is 34.8 Å². The molecule has 6 heteroatoms. The maximum atomic E-state index is 10.2. The van der Waals surface area contributed by atoms with E-state index in [1.54, 1.807) is 0 Å². The molecule has 0 fully saturated rings. The molecule has 0 rings (SSSR count). The predicted octanol–water partition coefficient (Wildman–Crippen LogP) is 7.72. The SMILES string of the molecule is CCCCCCCCCCCCCCCCNC(=O)O.ClC(Cl)Cl.